The minimum Gasteiger partial charge on any atom is -0.396 e. The van der Waals surface area contributed by atoms with E-state index in [-0.39, 0.29) is 18.6 Å². The number of piperidine rings is 1. The molecule has 1 atom stereocenters. The summed E-state index contributed by atoms with van der Waals surface area (Å²) in [4.78, 5) is 19.6. The fourth-order valence-corrected chi connectivity index (χ4v) is 3.74. The molecule has 6 nitrogen and oxygen atoms in total. The molecule has 0 aliphatic carbocycles. The molecule has 0 aromatic carbocycles. The van der Waals surface area contributed by atoms with Crippen LogP contribution in [0.3, 0.4) is 0 Å². The lowest BCUT2D eigenvalue weighted by atomic mass is 9.99. The third-order valence-corrected chi connectivity index (χ3v) is 5.05. The van der Waals surface area contributed by atoms with E-state index in [1.807, 2.05) is 18.1 Å². The zero-order chi connectivity index (χ0) is 15.5. The van der Waals surface area contributed by atoms with Crippen LogP contribution in [0, 0.1) is 0 Å². The average molecular weight is 320 g/mol. The van der Waals surface area contributed by atoms with Gasteiger partial charge < -0.3 is 10.0 Å². The first kappa shape index (κ1) is 15.2. The Kier molecular flexibility index (Phi) is 4.54. The first-order valence-electron chi connectivity index (χ1n) is 7.55. The van der Waals surface area contributed by atoms with Gasteiger partial charge in [0, 0.05) is 38.0 Å². The molecule has 22 heavy (non-hydrogen) atoms. The molecule has 2 aromatic rings. The normalized spacial score (nSPS) is 18.6. The van der Waals surface area contributed by atoms with E-state index in [4.69, 9.17) is 0 Å². The predicted molar refractivity (Wildman–Crippen MR) is 84.7 cm³/mol. The molecule has 0 bridgehead atoms. The van der Waals surface area contributed by atoms with Gasteiger partial charge in [0.1, 0.15) is 9.88 Å². The van der Waals surface area contributed by atoms with Crippen LogP contribution in [-0.4, -0.2) is 49.9 Å². The maximum Gasteiger partial charge on any atom is 0.265 e. The van der Waals surface area contributed by atoms with Crippen LogP contribution >= 0.6 is 11.3 Å². The highest BCUT2D eigenvalue weighted by Crippen LogP contribution is 2.28. The minimum atomic E-state index is 0.0331. The van der Waals surface area contributed by atoms with Gasteiger partial charge in [0.15, 0.2) is 0 Å². The number of aliphatic hydroxyl groups is 1. The van der Waals surface area contributed by atoms with Crippen molar-refractivity contribution in [1.82, 2.24) is 19.7 Å². The fourth-order valence-electron chi connectivity index (χ4n) is 2.90. The van der Waals surface area contributed by atoms with E-state index >= 15 is 0 Å². The number of nitrogens with zero attached hydrogens (tertiary/aromatic N) is 4. The van der Waals surface area contributed by atoms with Crippen LogP contribution in [0.1, 0.15) is 35.4 Å². The van der Waals surface area contributed by atoms with E-state index in [2.05, 4.69) is 10.1 Å². The summed E-state index contributed by atoms with van der Waals surface area (Å²) in [5.74, 6) is 0.0331. The van der Waals surface area contributed by atoms with Crippen molar-refractivity contribution in [2.45, 2.75) is 31.7 Å². The number of hydrogen-bond acceptors (Lipinski definition) is 5. The molecular formula is C15H20N4O2S. The van der Waals surface area contributed by atoms with Crippen molar-refractivity contribution < 1.29 is 9.90 Å². The smallest absolute Gasteiger partial charge is 0.265 e. The van der Waals surface area contributed by atoms with E-state index in [9.17, 15) is 9.90 Å². The van der Waals surface area contributed by atoms with Crippen molar-refractivity contribution in [3.05, 3.63) is 23.5 Å². The molecule has 1 amide bonds. The van der Waals surface area contributed by atoms with Crippen molar-refractivity contribution in [3.63, 3.8) is 0 Å². The Morgan fingerprint density at radius 1 is 1.45 bits per heavy atom. The van der Waals surface area contributed by atoms with Gasteiger partial charge in [-0.15, -0.1) is 11.3 Å². The van der Waals surface area contributed by atoms with E-state index in [1.54, 1.807) is 17.1 Å². The lowest BCUT2D eigenvalue weighted by Gasteiger charge is -2.35. The largest absolute Gasteiger partial charge is 0.396 e. The molecule has 7 heteroatoms. The summed E-state index contributed by atoms with van der Waals surface area (Å²) in [6, 6.07) is 0.148. The second-order valence-electron chi connectivity index (χ2n) is 5.59. The van der Waals surface area contributed by atoms with Gasteiger partial charge in [0.05, 0.1) is 12.4 Å². The maximum atomic E-state index is 12.7. The number of rotatable bonds is 4. The van der Waals surface area contributed by atoms with Crippen LogP contribution in [0.25, 0.3) is 10.6 Å². The van der Waals surface area contributed by atoms with E-state index in [1.165, 1.54) is 11.3 Å². The van der Waals surface area contributed by atoms with Gasteiger partial charge in [-0.2, -0.15) is 5.10 Å². The molecule has 1 unspecified atom stereocenters. The molecule has 3 rings (SSSR count). The molecule has 0 saturated carbocycles. The highest BCUT2D eigenvalue weighted by Gasteiger charge is 2.28. The van der Waals surface area contributed by atoms with Crippen molar-refractivity contribution >= 4 is 17.2 Å². The number of hydrogen-bond donors (Lipinski definition) is 1. The van der Waals surface area contributed by atoms with Gasteiger partial charge in [-0.05, 0) is 25.7 Å². The number of aromatic nitrogens is 3. The second-order valence-corrected chi connectivity index (χ2v) is 6.62. The zero-order valence-electron chi connectivity index (χ0n) is 12.6. The van der Waals surface area contributed by atoms with Gasteiger partial charge in [-0.25, -0.2) is 4.98 Å². The lowest BCUT2D eigenvalue weighted by Crippen LogP contribution is -2.43. The topological polar surface area (TPSA) is 71.2 Å². The number of carbonyl (C=O) groups excluding carboxylic acids is 1. The second kappa shape index (κ2) is 6.58. The van der Waals surface area contributed by atoms with Crippen molar-refractivity contribution in [2.75, 3.05) is 13.2 Å². The maximum absolute atomic E-state index is 12.7. The summed E-state index contributed by atoms with van der Waals surface area (Å²) in [5, 5.41) is 14.1. The van der Waals surface area contributed by atoms with Gasteiger partial charge in [0.25, 0.3) is 5.91 Å². The third kappa shape index (κ3) is 3.05. The highest BCUT2D eigenvalue weighted by molar-refractivity contribution is 7.16. The van der Waals surface area contributed by atoms with Crippen LogP contribution in [-0.2, 0) is 7.05 Å². The van der Waals surface area contributed by atoms with Gasteiger partial charge in [0.2, 0.25) is 0 Å². The molecule has 1 N–H and O–H groups in total. The number of amides is 1. The monoisotopic (exact) mass is 320 g/mol. The Bertz CT molecular complexity index is 650. The van der Waals surface area contributed by atoms with Crippen LogP contribution in [0.4, 0.5) is 0 Å². The molecule has 1 aliphatic rings. The SMILES string of the molecule is Cn1cc(-c2ncc(C(=O)N3CCCCC3CCO)s2)cn1. The summed E-state index contributed by atoms with van der Waals surface area (Å²) in [6.45, 7) is 0.891. The summed E-state index contributed by atoms with van der Waals surface area (Å²) in [5.41, 5.74) is 0.928. The minimum absolute atomic E-state index is 0.0331. The summed E-state index contributed by atoms with van der Waals surface area (Å²) >= 11 is 1.40. The molecule has 0 spiro atoms. The summed E-state index contributed by atoms with van der Waals surface area (Å²) in [6.07, 6.45) is 9.08. The van der Waals surface area contributed by atoms with Gasteiger partial charge in [-0.3, -0.25) is 9.48 Å². The third-order valence-electron chi connectivity index (χ3n) is 4.02. The molecule has 0 radical (unpaired) electrons. The number of aryl methyl sites for hydroxylation is 1. The summed E-state index contributed by atoms with van der Waals surface area (Å²) < 4.78 is 1.72. The Hall–Kier alpha value is -1.73. The number of thiazole rings is 1. The molecule has 1 saturated heterocycles. The molecule has 2 aromatic heterocycles. The molecular weight excluding hydrogens is 300 g/mol. The number of likely N-dealkylation sites (tertiary alicyclic amines) is 1. The first-order chi connectivity index (χ1) is 10.7. The fraction of sp³-hybridized carbons (Fsp3) is 0.533. The van der Waals surface area contributed by atoms with Crippen molar-refractivity contribution in [3.8, 4) is 10.6 Å². The molecule has 1 aliphatic heterocycles. The Morgan fingerprint density at radius 3 is 3.05 bits per heavy atom. The lowest BCUT2D eigenvalue weighted by molar-refractivity contribution is 0.0579. The van der Waals surface area contributed by atoms with Gasteiger partial charge in [-0.1, -0.05) is 0 Å². The summed E-state index contributed by atoms with van der Waals surface area (Å²) in [7, 11) is 1.86. The molecule has 1 fully saturated rings. The number of carbonyl (C=O) groups is 1. The van der Waals surface area contributed by atoms with Crippen LogP contribution in [0.2, 0.25) is 0 Å². The average Bonchev–Trinajstić information content (AvgIpc) is 3.16. The highest BCUT2D eigenvalue weighted by atomic mass is 32.1. The molecule has 3 heterocycles. The van der Waals surface area contributed by atoms with Crippen LogP contribution in [0.15, 0.2) is 18.6 Å². The predicted octanol–water partition coefficient (Wildman–Crippen LogP) is 1.92. The van der Waals surface area contributed by atoms with E-state index in [0.717, 1.165) is 36.4 Å². The van der Waals surface area contributed by atoms with Crippen LogP contribution in [0.5, 0.6) is 0 Å². The van der Waals surface area contributed by atoms with E-state index < -0.39 is 0 Å². The zero-order valence-corrected chi connectivity index (χ0v) is 13.4. The first-order valence-corrected chi connectivity index (χ1v) is 8.37. The van der Waals surface area contributed by atoms with E-state index in [0.29, 0.717) is 11.3 Å². The Labute approximate surface area is 133 Å². The van der Waals surface area contributed by atoms with Crippen molar-refractivity contribution in [1.29, 1.82) is 0 Å². The molecule has 118 valence electrons. The van der Waals surface area contributed by atoms with Crippen molar-refractivity contribution in [2.24, 2.45) is 7.05 Å². The quantitative estimate of drug-likeness (QED) is 0.934. The Morgan fingerprint density at radius 2 is 2.32 bits per heavy atom. The standard InChI is InChI=1S/C15H20N4O2S/c1-18-10-11(8-17-18)14-16-9-13(22-14)15(21)19-6-3-2-4-12(19)5-7-20/h8-10,12,20H,2-7H2,1H3. The number of aliphatic hydroxyl groups excluding tert-OH is 1. The Balaban J connectivity index is 1.78. The van der Waals surface area contributed by atoms with Crippen LogP contribution < -0.4 is 0 Å². The van der Waals surface area contributed by atoms with Gasteiger partial charge >= 0.3 is 0 Å².